The van der Waals surface area contributed by atoms with E-state index in [-0.39, 0.29) is 5.41 Å². The Kier molecular flexibility index (Phi) is 2.52. The van der Waals surface area contributed by atoms with Crippen molar-refractivity contribution in [2.75, 3.05) is 0 Å². The van der Waals surface area contributed by atoms with Crippen molar-refractivity contribution >= 4 is 0 Å². The fraction of sp³-hybridized carbons (Fsp3) is 0.500. The first-order chi connectivity index (χ1) is 7.15. The van der Waals surface area contributed by atoms with Gasteiger partial charge in [0.1, 0.15) is 0 Å². The molecule has 0 atom stereocenters. The molecule has 0 aromatic heterocycles. The average molecular weight is 199 g/mol. The first-order valence-corrected chi connectivity index (χ1v) is 5.65. The largest absolute Gasteiger partial charge is 0.198 e. The summed E-state index contributed by atoms with van der Waals surface area (Å²) in [6.07, 6.45) is 3.09. The van der Waals surface area contributed by atoms with Gasteiger partial charge in [0.15, 0.2) is 0 Å². The second-order valence-electron chi connectivity index (χ2n) is 4.97. The highest BCUT2D eigenvalue weighted by molar-refractivity contribution is 5.28. The van der Waals surface area contributed by atoms with Gasteiger partial charge in [0.05, 0.1) is 11.5 Å². The zero-order chi connectivity index (χ0) is 10.9. The van der Waals surface area contributed by atoms with E-state index in [1.807, 2.05) is 0 Å². The lowest BCUT2D eigenvalue weighted by Gasteiger charge is -2.08. The minimum atomic E-state index is -0.0145. The van der Waals surface area contributed by atoms with Crippen LogP contribution in [0.15, 0.2) is 24.3 Å². The molecule has 1 aliphatic carbocycles. The molecule has 1 aliphatic rings. The lowest BCUT2D eigenvalue weighted by atomic mass is 9.95. The Balaban J connectivity index is 2.08. The highest BCUT2D eigenvalue weighted by Crippen LogP contribution is 2.47. The third kappa shape index (κ3) is 2.21. The van der Waals surface area contributed by atoms with Crippen LogP contribution in [0.3, 0.4) is 0 Å². The first kappa shape index (κ1) is 10.2. The fourth-order valence-electron chi connectivity index (χ4n) is 1.89. The number of hydrogen-bond acceptors (Lipinski definition) is 1. The van der Waals surface area contributed by atoms with Gasteiger partial charge in [-0.2, -0.15) is 5.26 Å². The second-order valence-corrected chi connectivity index (χ2v) is 4.97. The predicted octanol–water partition coefficient (Wildman–Crippen LogP) is 3.66. The number of nitrogens with zero attached hydrogens (tertiary/aromatic N) is 1. The molecular weight excluding hydrogens is 182 g/mol. The summed E-state index contributed by atoms with van der Waals surface area (Å²) in [5.74, 6) is 0.588. The smallest absolute Gasteiger partial charge is 0.0693 e. The number of rotatable bonds is 3. The first-order valence-electron chi connectivity index (χ1n) is 5.65. The molecule has 0 aliphatic heterocycles. The molecule has 0 spiro atoms. The van der Waals surface area contributed by atoms with E-state index in [9.17, 15) is 0 Å². The van der Waals surface area contributed by atoms with Gasteiger partial charge >= 0.3 is 0 Å². The van der Waals surface area contributed by atoms with Gasteiger partial charge in [0, 0.05) is 0 Å². The molecule has 0 bridgehead atoms. The molecule has 1 fully saturated rings. The van der Waals surface area contributed by atoms with E-state index in [4.69, 9.17) is 5.26 Å². The third-order valence-corrected chi connectivity index (χ3v) is 3.28. The Morgan fingerprint density at radius 3 is 2.27 bits per heavy atom. The maximum atomic E-state index is 9.01. The van der Waals surface area contributed by atoms with Gasteiger partial charge in [0.25, 0.3) is 0 Å². The van der Waals surface area contributed by atoms with Gasteiger partial charge in [-0.1, -0.05) is 38.1 Å². The number of hydrogen-bond donors (Lipinski definition) is 0. The molecule has 1 aromatic rings. The summed E-state index contributed by atoms with van der Waals surface area (Å²) in [5.41, 5.74) is 2.67. The minimum Gasteiger partial charge on any atom is -0.198 e. The minimum absolute atomic E-state index is 0.0145. The van der Waals surface area contributed by atoms with Gasteiger partial charge < -0.3 is 0 Å². The summed E-state index contributed by atoms with van der Waals surface area (Å²) >= 11 is 0. The van der Waals surface area contributed by atoms with E-state index >= 15 is 0 Å². The Morgan fingerprint density at radius 1 is 1.27 bits per heavy atom. The van der Waals surface area contributed by atoms with Crippen molar-refractivity contribution in [3.63, 3.8) is 0 Å². The van der Waals surface area contributed by atoms with Crippen LogP contribution in [-0.2, 0) is 6.42 Å². The quantitative estimate of drug-likeness (QED) is 0.728. The van der Waals surface area contributed by atoms with Crippen LogP contribution in [0.1, 0.15) is 43.7 Å². The summed E-state index contributed by atoms with van der Waals surface area (Å²) in [7, 11) is 0. The van der Waals surface area contributed by atoms with Crippen LogP contribution >= 0.6 is 0 Å². The van der Waals surface area contributed by atoms with Crippen molar-refractivity contribution in [3.05, 3.63) is 35.4 Å². The normalized spacial score (nSPS) is 17.5. The maximum absolute atomic E-state index is 9.01. The van der Waals surface area contributed by atoms with E-state index in [2.05, 4.69) is 44.2 Å². The lowest BCUT2D eigenvalue weighted by molar-refractivity contribution is 0.664. The van der Waals surface area contributed by atoms with Crippen LogP contribution in [0.2, 0.25) is 0 Å². The number of benzene rings is 1. The second kappa shape index (κ2) is 3.70. The van der Waals surface area contributed by atoms with Gasteiger partial charge in [-0.25, -0.2) is 0 Å². The van der Waals surface area contributed by atoms with E-state index in [1.54, 1.807) is 0 Å². The third-order valence-electron chi connectivity index (χ3n) is 3.28. The summed E-state index contributed by atoms with van der Waals surface area (Å²) in [5, 5.41) is 9.01. The molecule has 2 rings (SSSR count). The molecule has 15 heavy (non-hydrogen) atoms. The molecule has 78 valence electrons. The molecule has 0 heterocycles. The predicted molar refractivity (Wildman–Crippen MR) is 61.5 cm³/mol. The van der Waals surface area contributed by atoms with Crippen molar-refractivity contribution < 1.29 is 0 Å². The summed E-state index contributed by atoms with van der Waals surface area (Å²) in [6, 6.07) is 11.2. The summed E-state index contributed by atoms with van der Waals surface area (Å²) in [4.78, 5) is 0. The summed E-state index contributed by atoms with van der Waals surface area (Å²) < 4.78 is 0. The topological polar surface area (TPSA) is 23.8 Å². The monoisotopic (exact) mass is 199 g/mol. The molecule has 1 heteroatoms. The summed E-state index contributed by atoms with van der Waals surface area (Å²) in [6.45, 7) is 4.40. The van der Waals surface area contributed by atoms with Crippen molar-refractivity contribution in [2.24, 2.45) is 5.41 Å². The molecule has 1 saturated carbocycles. The molecule has 1 nitrogen and oxygen atoms in total. The van der Waals surface area contributed by atoms with Gasteiger partial charge in [-0.15, -0.1) is 0 Å². The molecule has 1 aromatic carbocycles. The van der Waals surface area contributed by atoms with Crippen LogP contribution < -0.4 is 0 Å². The molecule has 0 radical (unpaired) electrons. The molecule has 0 N–H and O–H groups in total. The zero-order valence-corrected chi connectivity index (χ0v) is 9.46. The van der Waals surface area contributed by atoms with Gasteiger partial charge in [0.2, 0.25) is 0 Å². The van der Waals surface area contributed by atoms with E-state index < -0.39 is 0 Å². The van der Waals surface area contributed by atoms with Crippen LogP contribution in [0, 0.1) is 16.7 Å². The molecule has 0 unspecified atom stereocenters. The van der Waals surface area contributed by atoms with Crippen LogP contribution in [0.25, 0.3) is 0 Å². The Hall–Kier alpha value is -1.29. The standard InChI is InChI=1S/C14H17N/c1-11(2)13-5-3-12(4-6-13)9-14(10-15)7-8-14/h3-6,11H,7-9H2,1-2H3. The van der Waals surface area contributed by atoms with Crippen molar-refractivity contribution in [2.45, 2.75) is 39.0 Å². The molecule has 0 saturated heterocycles. The highest BCUT2D eigenvalue weighted by atomic mass is 14.5. The van der Waals surface area contributed by atoms with Crippen molar-refractivity contribution in [1.82, 2.24) is 0 Å². The van der Waals surface area contributed by atoms with Crippen molar-refractivity contribution in [3.8, 4) is 6.07 Å². The van der Waals surface area contributed by atoms with Crippen LogP contribution in [0.5, 0.6) is 0 Å². The Morgan fingerprint density at radius 2 is 1.87 bits per heavy atom. The fourth-order valence-corrected chi connectivity index (χ4v) is 1.89. The van der Waals surface area contributed by atoms with E-state index in [1.165, 1.54) is 11.1 Å². The van der Waals surface area contributed by atoms with E-state index in [0.717, 1.165) is 19.3 Å². The highest BCUT2D eigenvalue weighted by Gasteiger charge is 2.42. The van der Waals surface area contributed by atoms with Crippen molar-refractivity contribution in [1.29, 1.82) is 5.26 Å². The number of nitriles is 1. The van der Waals surface area contributed by atoms with Crippen LogP contribution in [-0.4, -0.2) is 0 Å². The van der Waals surface area contributed by atoms with Gasteiger partial charge in [-0.05, 0) is 36.3 Å². The Bertz CT molecular complexity index is 377. The molecular formula is C14H17N. The van der Waals surface area contributed by atoms with Gasteiger partial charge in [-0.3, -0.25) is 0 Å². The average Bonchev–Trinajstić information content (AvgIpc) is 2.99. The van der Waals surface area contributed by atoms with E-state index in [0.29, 0.717) is 5.92 Å². The van der Waals surface area contributed by atoms with Crippen LogP contribution in [0.4, 0.5) is 0 Å². The lowest BCUT2D eigenvalue weighted by Crippen LogP contribution is -2.01. The zero-order valence-electron chi connectivity index (χ0n) is 9.46. The SMILES string of the molecule is CC(C)c1ccc(CC2(C#N)CC2)cc1. The maximum Gasteiger partial charge on any atom is 0.0693 e. The molecule has 0 amide bonds. The Labute approximate surface area is 91.7 Å².